The average molecular weight is 281 g/mol. The minimum Gasteiger partial charge on any atom is -0.329 e. The highest BCUT2D eigenvalue weighted by Gasteiger charge is 2.32. The molecule has 3 nitrogen and oxygen atoms in total. The molecule has 0 aromatic rings. The van der Waals surface area contributed by atoms with Crippen molar-refractivity contribution in [3.05, 3.63) is 0 Å². The lowest BCUT2D eigenvalue weighted by molar-refractivity contribution is 0.0272. The summed E-state index contributed by atoms with van der Waals surface area (Å²) < 4.78 is 0. The van der Waals surface area contributed by atoms with Crippen molar-refractivity contribution in [2.75, 3.05) is 32.7 Å². The predicted octanol–water partition coefficient (Wildman–Crippen LogP) is 2.70. The number of nitrogens with two attached hydrogens (primary N) is 1. The lowest BCUT2D eigenvalue weighted by atomic mass is 9.90. The molecule has 0 aromatic carbocycles. The summed E-state index contributed by atoms with van der Waals surface area (Å²) in [6.07, 6.45) is 8.52. The van der Waals surface area contributed by atoms with Gasteiger partial charge in [-0.2, -0.15) is 0 Å². The summed E-state index contributed by atoms with van der Waals surface area (Å²) in [6.45, 7) is 12.6. The van der Waals surface area contributed by atoms with Crippen LogP contribution < -0.4 is 5.73 Å². The molecule has 20 heavy (non-hydrogen) atoms. The second-order valence-corrected chi connectivity index (χ2v) is 7.75. The van der Waals surface area contributed by atoms with Crippen molar-refractivity contribution in [3.8, 4) is 0 Å². The molecule has 118 valence electrons. The van der Waals surface area contributed by atoms with Crippen molar-refractivity contribution < 1.29 is 0 Å². The maximum Gasteiger partial charge on any atom is 0.0247 e. The van der Waals surface area contributed by atoms with Crippen LogP contribution >= 0.6 is 0 Å². The predicted molar refractivity (Wildman–Crippen MR) is 86.9 cm³/mol. The van der Waals surface area contributed by atoms with Crippen LogP contribution in [0.4, 0.5) is 0 Å². The van der Waals surface area contributed by atoms with Gasteiger partial charge in [0.15, 0.2) is 0 Å². The highest BCUT2D eigenvalue weighted by Crippen LogP contribution is 2.29. The molecule has 1 saturated carbocycles. The minimum atomic E-state index is 0.312. The summed E-state index contributed by atoms with van der Waals surface area (Å²) >= 11 is 0. The van der Waals surface area contributed by atoms with Crippen LogP contribution in [0.1, 0.15) is 59.3 Å². The zero-order chi connectivity index (χ0) is 14.6. The molecule has 2 N–H and O–H groups in total. The van der Waals surface area contributed by atoms with Gasteiger partial charge in [0, 0.05) is 44.3 Å². The van der Waals surface area contributed by atoms with Gasteiger partial charge in [-0.1, -0.05) is 25.7 Å². The van der Waals surface area contributed by atoms with Gasteiger partial charge in [0.2, 0.25) is 0 Å². The molecule has 1 unspecified atom stereocenters. The Balaban J connectivity index is 1.89. The smallest absolute Gasteiger partial charge is 0.0247 e. The van der Waals surface area contributed by atoms with Gasteiger partial charge in [0.1, 0.15) is 0 Å². The molecule has 0 spiro atoms. The standard InChI is InChI=1S/C17H35N3/c1-17(2,3)20-12-10-19(11-13-20)16(14-18)15-8-6-4-5-7-9-15/h15-16H,4-14,18H2,1-3H3. The molecule has 3 heteroatoms. The van der Waals surface area contributed by atoms with Gasteiger partial charge < -0.3 is 5.73 Å². The average Bonchev–Trinajstić information content (AvgIpc) is 2.68. The van der Waals surface area contributed by atoms with Gasteiger partial charge in [-0.3, -0.25) is 9.80 Å². The van der Waals surface area contributed by atoms with Crippen molar-refractivity contribution in [2.45, 2.75) is 70.9 Å². The van der Waals surface area contributed by atoms with Crippen LogP contribution in [0.5, 0.6) is 0 Å². The molecule has 0 amide bonds. The Hall–Kier alpha value is -0.120. The van der Waals surface area contributed by atoms with Crippen LogP contribution in [0.15, 0.2) is 0 Å². The summed E-state index contributed by atoms with van der Waals surface area (Å²) in [6, 6.07) is 0.634. The largest absolute Gasteiger partial charge is 0.329 e. The van der Waals surface area contributed by atoms with Gasteiger partial charge in [-0.15, -0.1) is 0 Å². The van der Waals surface area contributed by atoms with E-state index in [2.05, 4.69) is 30.6 Å². The number of hydrogen-bond donors (Lipinski definition) is 1. The van der Waals surface area contributed by atoms with Crippen LogP contribution in [-0.4, -0.2) is 54.1 Å². The van der Waals surface area contributed by atoms with E-state index in [0.29, 0.717) is 11.6 Å². The van der Waals surface area contributed by atoms with Gasteiger partial charge in [0.05, 0.1) is 0 Å². The Morgan fingerprint density at radius 1 is 0.950 bits per heavy atom. The van der Waals surface area contributed by atoms with Gasteiger partial charge in [-0.05, 0) is 39.5 Å². The molecule has 1 aliphatic heterocycles. The van der Waals surface area contributed by atoms with Crippen LogP contribution in [0, 0.1) is 5.92 Å². The number of piperazine rings is 1. The van der Waals surface area contributed by atoms with E-state index < -0.39 is 0 Å². The summed E-state index contributed by atoms with van der Waals surface area (Å²) in [5.74, 6) is 0.851. The van der Waals surface area contributed by atoms with E-state index >= 15 is 0 Å². The molecule has 1 atom stereocenters. The Morgan fingerprint density at radius 3 is 1.95 bits per heavy atom. The van der Waals surface area contributed by atoms with Crippen molar-refractivity contribution in [1.82, 2.24) is 9.80 Å². The SMILES string of the molecule is CC(C)(C)N1CCN(C(CN)C2CCCCCC2)CC1. The van der Waals surface area contributed by atoms with E-state index in [9.17, 15) is 0 Å². The quantitative estimate of drug-likeness (QED) is 0.807. The van der Waals surface area contributed by atoms with Crippen LogP contribution in [0.2, 0.25) is 0 Å². The number of rotatable bonds is 3. The van der Waals surface area contributed by atoms with Crippen molar-refractivity contribution in [1.29, 1.82) is 0 Å². The molecule has 1 saturated heterocycles. The zero-order valence-corrected chi connectivity index (χ0v) is 13.9. The van der Waals surface area contributed by atoms with Crippen molar-refractivity contribution >= 4 is 0 Å². The molecule has 0 bridgehead atoms. The maximum atomic E-state index is 6.15. The lowest BCUT2D eigenvalue weighted by Crippen LogP contribution is -2.58. The monoisotopic (exact) mass is 281 g/mol. The van der Waals surface area contributed by atoms with Gasteiger partial charge in [-0.25, -0.2) is 0 Å². The lowest BCUT2D eigenvalue weighted by Gasteiger charge is -2.46. The van der Waals surface area contributed by atoms with Gasteiger partial charge >= 0.3 is 0 Å². The van der Waals surface area contributed by atoms with Gasteiger partial charge in [0.25, 0.3) is 0 Å². The molecular weight excluding hydrogens is 246 g/mol. The van der Waals surface area contributed by atoms with Crippen LogP contribution in [0.25, 0.3) is 0 Å². The van der Waals surface area contributed by atoms with Crippen molar-refractivity contribution in [2.24, 2.45) is 11.7 Å². The fourth-order valence-electron chi connectivity index (χ4n) is 4.06. The number of hydrogen-bond acceptors (Lipinski definition) is 3. The summed E-state index contributed by atoms with van der Waals surface area (Å²) in [5.41, 5.74) is 6.46. The fraction of sp³-hybridized carbons (Fsp3) is 1.00. The Morgan fingerprint density at radius 2 is 1.50 bits per heavy atom. The topological polar surface area (TPSA) is 32.5 Å². The third kappa shape index (κ3) is 4.19. The second-order valence-electron chi connectivity index (χ2n) is 7.75. The third-order valence-electron chi connectivity index (χ3n) is 5.42. The zero-order valence-electron chi connectivity index (χ0n) is 13.9. The van der Waals surface area contributed by atoms with E-state index in [1.54, 1.807) is 0 Å². The summed E-state index contributed by atoms with van der Waals surface area (Å²) in [7, 11) is 0. The second kappa shape index (κ2) is 7.24. The summed E-state index contributed by atoms with van der Waals surface area (Å²) in [4.78, 5) is 5.31. The highest BCUT2D eigenvalue weighted by atomic mass is 15.3. The van der Waals surface area contributed by atoms with Crippen LogP contribution in [-0.2, 0) is 0 Å². The van der Waals surface area contributed by atoms with E-state index in [1.807, 2.05) is 0 Å². The number of nitrogens with zero attached hydrogens (tertiary/aromatic N) is 2. The molecule has 0 aromatic heterocycles. The first kappa shape index (κ1) is 16.3. The highest BCUT2D eigenvalue weighted by molar-refractivity contribution is 4.88. The first-order valence-electron chi connectivity index (χ1n) is 8.71. The third-order valence-corrected chi connectivity index (χ3v) is 5.42. The van der Waals surface area contributed by atoms with Crippen LogP contribution in [0.3, 0.4) is 0 Å². The molecule has 1 aliphatic carbocycles. The van der Waals surface area contributed by atoms with E-state index in [1.165, 1.54) is 64.7 Å². The molecule has 2 aliphatic rings. The van der Waals surface area contributed by atoms with E-state index in [0.717, 1.165) is 12.5 Å². The molecule has 2 rings (SSSR count). The minimum absolute atomic E-state index is 0.312. The van der Waals surface area contributed by atoms with Crippen molar-refractivity contribution in [3.63, 3.8) is 0 Å². The maximum absolute atomic E-state index is 6.15. The normalized spacial score (nSPS) is 26.4. The molecule has 1 heterocycles. The first-order valence-corrected chi connectivity index (χ1v) is 8.71. The summed E-state index contributed by atoms with van der Waals surface area (Å²) in [5, 5.41) is 0. The Labute approximate surface area is 125 Å². The first-order chi connectivity index (χ1) is 9.52. The Kier molecular flexibility index (Phi) is 5.88. The Bertz CT molecular complexity index is 268. The fourth-order valence-corrected chi connectivity index (χ4v) is 4.06. The van der Waals surface area contributed by atoms with E-state index in [4.69, 9.17) is 5.73 Å². The molecular formula is C17H35N3. The van der Waals surface area contributed by atoms with E-state index in [-0.39, 0.29) is 0 Å². The molecule has 0 radical (unpaired) electrons. The molecule has 2 fully saturated rings.